The highest BCUT2D eigenvalue weighted by Crippen LogP contribution is 2.48. The highest BCUT2D eigenvalue weighted by atomic mass is 16.5. The summed E-state index contributed by atoms with van der Waals surface area (Å²) < 4.78 is 22.1. The van der Waals surface area contributed by atoms with Gasteiger partial charge in [-0.3, -0.25) is 9.59 Å². The average molecular weight is 504 g/mol. The molecule has 2 aromatic carbocycles. The summed E-state index contributed by atoms with van der Waals surface area (Å²) in [5.41, 5.74) is 7.65. The third-order valence-electron chi connectivity index (χ3n) is 6.31. The largest absolute Gasteiger partial charge is 0.497 e. The van der Waals surface area contributed by atoms with Gasteiger partial charge in [0.05, 0.1) is 20.1 Å². The van der Waals surface area contributed by atoms with Crippen molar-refractivity contribution < 1.29 is 28.5 Å². The molecule has 0 radical (unpaired) electrons. The third kappa shape index (κ3) is 5.38. The number of nitriles is 1. The first-order valence-corrected chi connectivity index (χ1v) is 11.7. The second kappa shape index (κ2) is 10.3. The zero-order valence-corrected chi connectivity index (χ0v) is 21.2. The number of ether oxygens (including phenoxy) is 4. The number of methoxy groups -OCH3 is 2. The molecule has 0 spiro atoms. The molecule has 0 fully saturated rings. The Morgan fingerprint density at radius 1 is 1.16 bits per heavy atom. The van der Waals surface area contributed by atoms with E-state index in [-0.39, 0.29) is 35.2 Å². The quantitative estimate of drug-likeness (QED) is 0.575. The van der Waals surface area contributed by atoms with Gasteiger partial charge in [0.15, 0.2) is 23.9 Å². The number of rotatable bonds is 7. The predicted molar refractivity (Wildman–Crippen MR) is 136 cm³/mol. The number of nitrogens with two attached hydrogens (primary N) is 1. The molecule has 1 atom stereocenters. The van der Waals surface area contributed by atoms with Gasteiger partial charge in [-0.25, -0.2) is 0 Å². The summed E-state index contributed by atoms with van der Waals surface area (Å²) in [5, 5.41) is 12.6. The van der Waals surface area contributed by atoms with E-state index in [2.05, 4.69) is 11.4 Å². The van der Waals surface area contributed by atoms with E-state index in [0.717, 1.165) is 0 Å². The lowest BCUT2D eigenvalue weighted by Gasteiger charge is -2.37. The van der Waals surface area contributed by atoms with Crippen molar-refractivity contribution in [3.05, 3.63) is 70.8 Å². The highest BCUT2D eigenvalue weighted by Gasteiger charge is 2.43. The molecule has 0 saturated carbocycles. The van der Waals surface area contributed by atoms with Gasteiger partial charge >= 0.3 is 0 Å². The van der Waals surface area contributed by atoms with E-state index < -0.39 is 5.92 Å². The Kier molecular flexibility index (Phi) is 7.11. The van der Waals surface area contributed by atoms with Gasteiger partial charge in [0, 0.05) is 30.2 Å². The standard InChI is InChI=1S/C28H29N3O6/c1-28(2)12-20(32)26-23(13-28)37-27(30)19(14-29)25(26)16-8-9-21(22(10-16)35-4)36-15-24(33)31-17-6-5-7-18(11-17)34-3/h5-11,25H,12-13,15,30H2,1-4H3,(H,31,33). The van der Waals surface area contributed by atoms with E-state index in [1.165, 1.54) is 7.11 Å². The molecule has 0 aromatic heterocycles. The first-order chi connectivity index (χ1) is 17.7. The minimum atomic E-state index is -0.684. The maximum absolute atomic E-state index is 13.2. The second-order valence-electron chi connectivity index (χ2n) is 9.68. The fraction of sp³-hybridized carbons (Fsp3) is 0.321. The molecule has 1 aliphatic heterocycles. The van der Waals surface area contributed by atoms with Gasteiger partial charge in [-0.05, 0) is 35.2 Å². The first kappa shape index (κ1) is 25.6. The Hall–Kier alpha value is -4.45. The number of amides is 1. The minimum Gasteiger partial charge on any atom is -0.497 e. The molecule has 1 amide bonds. The van der Waals surface area contributed by atoms with Crippen molar-refractivity contribution in [2.75, 3.05) is 26.1 Å². The molecule has 1 unspecified atom stereocenters. The minimum absolute atomic E-state index is 0.00902. The van der Waals surface area contributed by atoms with Crippen LogP contribution in [-0.4, -0.2) is 32.5 Å². The smallest absolute Gasteiger partial charge is 0.262 e. The number of anilines is 1. The number of allylic oxidation sites excluding steroid dienone is 3. The predicted octanol–water partition coefficient (Wildman–Crippen LogP) is 4.17. The average Bonchev–Trinajstić information content (AvgIpc) is 2.86. The van der Waals surface area contributed by atoms with Crippen LogP contribution < -0.4 is 25.3 Å². The number of benzene rings is 2. The van der Waals surface area contributed by atoms with Crippen LogP contribution in [0.2, 0.25) is 0 Å². The van der Waals surface area contributed by atoms with Crippen LogP contribution in [0.3, 0.4) is 0 Å². The monoisotopic (exact) mass is 503 g/mol. The molecule has 4 rings (SSSR count). The van der Waals surface area contributed by atoms with Crippen LogP contribution in [0.25, 0.3) is 0 Å². The molecule has 9 nitrogen and oxygen atoms in total. The van der Waals surface area contributed by atoms with Gasteiger partial charge in [0.2, 0.25) is 5.88 Å². The molecule has 1 heterocycles. The van der Waals surface area contributed by atoms with Crippen molar-refractivity contribution >= 4 is 17.4 Å². The molecule has 192 valence electrons. The Labute approximate surface area is 215 Å². The second-order valence-corrected chi connectivity index (χ2v) is 9.68. The molecule has 37 heavy (non-hydrogen) atoms. The van der Waals surface area contributed by atoms with Gasteiger partial charge < -0.3 is 30.0 Å². The van der Waals surface area contributed by atoms with Crippen LogP contribution >= 0.6 is 0 Å². The number of carbonyl (C=O) groups excluding carboxylic acids is 2. The Balaban J connectivity index is 1.58. The highest BCUT2D eigenvalue weighted by molar-refractivity contribution is 6.00. The van der Waals surface area contributed by atoms with Crippen molar-refractivity contribution in [3.8, 4) is 23.3 Å². The van der Waals surface area contributed by atoms with Crippen molar-refractivity contribution in [1.82, 2.24) is 0 Å². The van der Waals surface area contributed by atoms with E-state index in [0.29, 0.717) is 52.7 Å². The molecule has 1 aliphatic carbocycles. The molecule has 2 aromatic rings. The van der Waals surface area contributed by atoms with E-state index in [1.807, 2.05) is 13.8 Å². The van der Waals surface area contributed by atoms with Gasteiger partial charge in [-0.15, -0.1) is 0 Å². The topological polar surface area (TPSA) is 133 Å². The van der Waals surface area contributed by atoms with Crippen molar-refractivity contribution in [3.63, 3.8) is 0 Å². The van der Waals surface area contributed by atoms with Crippen LogP contribution in [0.15, 0.2) is 65.3 Å². The summed E-state index contributed by atoms with van der Waals surface area (Å²) in [6, 6.07) is 14.2. The fourth-order valence-electron chi connectivity index (χ4n) is 4.64. The maximum atomic E-state index is 13.2. The molecule has 0 bridgehead atoms. The summed E-state index contributed by atoms with van der Waals surface area (Å²) in [7, 11) is 3.02. The van der Waals surface area contributed by atoms with E-state index in [1.54, 1.807) is 49.6 Å². The van der Waals surface area contributed by atoms with Crippen LogP contribution in [0.4, 0.5) is 5.69 Å². The number of Topliss-reactive ketones (excluding diaryl/α,β-unsaturated/α-hetero) is 1. The lowest BCUT2D eigenvalue weighted by Crippen LogP contribution is -2.33. The van der Waals surface area contributed by atoms with E-state index in [4.69, 9.17) is 24.7 Å². The summed E-state index contributed by atoms with van der Waals surface area (Å²) in [6.07, 6.45) is 0.871. The van der Waals surface area contributed by atoms with Gasteiger partial charge in [0.1, 0.15) is 23.2 Å². The maximum Gasteiger partial charge on any atom is 0.262 e. The molecule has 0 saturated heterocycles. The summed E-state index contributed by atoms with van der Waals surface area (Å²) in [4.78, 5) is 25.6. The van der Waals surface area contributed by atoms with E-state index >= 15 is 0 Å². The Bertz CT molecular complexity index is 1350. The number of hydrogen-bond donors (Lipinski definition) is 2. The SMILES string of the molecule is COc1cccc(NC(=O)COc2ccc(C3C(C#N)=C(N)OC4=C3C(=O)CC(C)(C)C4)cc2OC)c1. The van der Waals surface area contributed by atoms with Gasteiger partial charge in [-0.1, -0.05) is 26.0 Å². The molecule has 2 aliphatic rings. The van der Waals surface area contributed by atoms with Crippen molar-refractivity contribution in [2.45, 2.75) is 32.6 Å². The van der Waals surface area contributed by atoms with Crippen molar-refractivity contribution in [2.24, 2.45) is 11.1 Å². The molecular formula is C28H29N3O6. The van der Waals surface area contributed by atoms with E-state index in [9.17, 15) is 14.9 Å². The van der Waals surface area contributed by atoms with Crippen LogP contribution in [0, 0.1) is 16.7 Å². The Morgan fingerprint density at radius 3 is 2.65 bits per heavy atom. The lowest BCUT2D eigenvalue weighted by molar-refractivity contribution is -0.119. The molecule has 9 heteroatoms. The fourth-order valence-corrected chi connectivity index (χ4v) is 4.64. The van der Waals surface area contributed by atoms with Crippen molar-refractivity contribution in [1.29, 1.82) is 5.26 Å². The number of carbonyl (C=O) groups is 2. The van der Waals surface area contributed by atoms with Crippen LogP contribution in [0.5, 0.6) is 17.2 Å². The normalized spacial score (nSPS) is 18.4. The molecule has 3 N–H and O–H groups in total. The number of nitrogens with zero attached hydrogens (tertiary/aromatic N) is 1. The molecular weight excluding hydrogens is 474 g/mol. The van der Waals surface area contributed by atoms with Crippen LogP contribution in [-0.2, 0) is 14.3 Å². The third-order valence-corrected chi connectivity index (χ3v) is 6.31. The number of hydrogen-bond acceptors (Lipinski definition) is 8. The van der Waals surface area contributed by atoms with Crippen LogP contribution in [0.1, 0.15) is 38.2 Å². The Morgan fingerprint density at radius 2 is 1.95 bits per heavy atom. The lowest BCUT2D eigenvalue weighted by atomic mass is 9.70. The summed E-state index contributed by atoms with van der Waals surface area (Å²) in [6.45, 7) is 3.72. The van der Waals surface area contributed by atoms with Gasteiger partial charge in [-0.2, -0.15) is 5.26 Å². The summed E-state index contributed by atoms with van der Waals surface area (Å²) in [5.74, 6) is 0.660. The number of ketones is 1. The zero-order chi connectivity index (χ0) is 26.7. The zero-order valence-electron chi connectivity index (χ0n) is 21.2. The van der Waals surface area contributed by atoms with Gasteiger partial charge in [0.25, 0.3) is 5.91 Å². The first-order valence-electron chi connectivity index (χ1n) is 11.7. The number of nitrogens with one attached hydrogen (secondary N) is 1. The summed E-state index contributed by atoms with van der Waals surface area (Å²) >= 11 is 0.